The first-order valence-electron chi connectivity index (χ1n) is 4.95. The predicted octanol–water partition coefficient (Wildman–Crippen LogP) is 2.41. The zero-order valence-corrected chi connectivity index (χ0v) is 8.96. The Morgan fingerprint density at radius 3 is 2.69 bits per heavy atom. The molecule has 0 saturated carbocycles. The van der Waals surface area contributed by atoms with Crippen LogP contribution in [0.3, 0.4) is 0 Å². The summed E-state index contributed by atoms with van der Waals surface area (Å²) in [6.45, 7) is 7.15. The molecule has 0 N–H and O–H groups in total. The van der Waals surface area contributed by atoms with Crippen LogP contribution < -0.4 is 4.90 Å². The normalized spacial score (nSPS) is 13.4. The molecule has 2 nitrogen and oxygen atoms in total. The molecule has 1 aromatic heterocycles. The smallest absolute Gasteiger partial charge is 0.131 e. The van der Waals surface area contributed by atoms with E-state index in [2.05, 4.69) is 29.1 Å². The van der Waals surface area contributed by atoms with Crippen LogP contribution in [0.15, 0.2) is 12.1 Å². The van der Waals surface area contributed by atoms with E-state index in [0.717, 1.165) is 18.7 Å². The zero-order valence-electron chi connectivity index (χ0n) is 8.96. The fourth-order valence-corrected chi connectivity index (χ4v) is 1.49. The second kappa shape index (κ2) is 4.26. The average molecular weight is 178 g/mol. The number of aromatic nitrogens is 1. The van der Waals surface area contributed by atoms with Gasteiger partial charge in [0, 0.05) is 19.3 Å². The molecule has 0 aromatic carbocycles. The van der Waals surface area contributed by atoms with Crippen LogP contribution in [0.1, 0.15) is 25.1 Å². The fraction of sp³-hybridized carbons (Fsp3) is 0.545. The molecule has 0 saturated heterocycles. The highest BCUT2D eigenvalue weighted by Crippen LogP contribution is 2.23. The molecule has 2 rings (SSSR count). The van der Waals surface area contributed by atoms with Gasteiger partial charge in [-0.3, -0.25) is 0 Å². The number of likely N-dealkylation sites (N-methyl/N-ethyl adjacent to an activating group) is 1. The molecule has 0 bridgehead atoms. The minimum atomic E-state index is 1.11. The molecule has 2 heterocycles. The van der Waals surface area contributed by atoms with Crippen LogP contribution in [-0.4, -0.2) is 18.6 Å². The third-order valence-electron chi connectivity index (χ3n) is 2.17. The molecule has 1 aliphatic rings. The maximum atomic E-state index is 4.46. The quantitative estimate of drug-likeness (QED) is 0.606. The van der Waals surface area contributed by atoms with E-state index in [9.17, 15) is 0 Å². The standard InChI is InChI=1S/C9H12N2.C2H6/c1-7-3-4-8-5-6-11(2)9(8)10-7;1-2/h3-4H,5-6H2,1-2H3;1-2H3. The summed E-state index contributed by atoms with van der Waals surface area (Å²) in [7, 11) is 2.10. The van der Waals surface area contributed by atoms with Crippen molar-refractivity contribution in [3.63, 3.8) is 0 Å². The predicted molar refractivity (Wildman–Crippen MR) is 57.3 cm³/mol. The van der Waals surface area contributed by atoms with Gasteiger partial charge in [-0.1, -0.05) is 19.9 Å². The molecule has 1 aromatic rings. The minimum absolute atomic E-state index is 1.11. The first kappa shape index (κ1) is 10.0. The van der Waals surface area contributed by atoms with Crippen LogP contribution in [0, 0.1) is 6.92 Å². The summed E-state index contributed by atoms with van der Waals surface area (Å²) in [5.74, 6) is 1.17. The monoisotopic (exact) mass is 178 g/mol. The number of hydrogen-bond acceptors (Lipinski definition) is 2. The first-order valence-corrected chi connectivity index (χ1v) is 4.95. The topological polar surface area (TPSA) is 16.1 Å². The lowest BCUT2D eigenvalue weighted by molar-refractivity contribution is 0.943. The third-order valence-corrected chi connectivity index (χ3v) is 2.17. The van der Waals surface area contributed by atoms with Gasteiger partial charge >= 0.3 is 0 Å². The lowest BCUT2D eigenvalue weighted by atomic mass is 10.2. The molecule has 0 radical (unpaired) electrons. The summed E-state index contributed by atoms with van der Waals surface area (Å²) in [6, 6.07) is 4.26. The van der Waals surface area contributed by atoms with Gasteiger partial charge < -0.3 is 4.90 Å². The van der Waals surface area contributed by atoms with Crippen molar-refractivity contribution in [3.8, 4) is 0 Å². The number of aryl methyl sites for hydroxylation is 1. The van der Waals surface area contributed by atoms with Crippen LogP contribution >= 0.6 is 0 Å². The van der Waals surface area contributed by atoms with Gasteiger partial charge in [-0.2, -0.15) is 0 Å². The Kier molecular flexibility index (Phi) is 3.29. The molecule has 0 amide bonds. The van der Waals surface area contributed by atoms with Gasteiger partial charge in [0.15, 0.2) is 0 Å². The molecule has 13 heavy (non-hydrogen) atoms. The largest absolute Gasteiger partial charge is 0.359 e. The first-order chi connectivity index (χ1) is 6.27. The number of nitrogens with zero attached hydrogens (tertiary/aromatic N) is 2. The van der Waals surface area contributed by atoms with E-state index >= 15 is 0 Å². The second-order valence-electron chi connectivity index (χ2n) is 3.11. The summed E-state index contributed by atoms with van der Waals surface area (Å²) in [5, 5.41) is 0. The van der Waals surface area contributed by atoms with Gasteiger partial charge in [0.1, 0.15) is 5.82 Å². The molecule has 0 spiro atoms. The Bertz CT molecular complexity index is 281. The van der Waals surface area contributed by atoms with Crippen LogP contribution in [0.25, 0.3) is 0 Å². The molecule has 0 fully saturated rings. The molecule has 0 atom stereocenters. The van der Waals surface area contributed by atoms with Gasteiger partial charge in [-0.25, -0.2) is 4.98 Å². The van der Waals surface area contributed by atoms with Crippen molar-refractivity contribution >= 4 is 5.82 Å². The van der Waals surface area contributed by atoms with Gasteiger partial charge in [0.2, 0.25) is 0 Å². The Morgan fingerprint density at radius 2 is 2.00 bits per heavy atom. The Balaban J connectivity index is 0.000000396. The molecule has 0 aliphatic carbocycles. The highest BCUT2D eigenvalue weighted by molar-refractivity contribution is 5.51. The van der Waals surface area contributed by atoms with Gasteiger partial charge in [0.25, 0.3) is 0 Å². The lowest BCUT2D eigenvalue weighted by Gasteiger charge is -2.10. The molecule has 1 aliphatic heterocycles. The lowest BCUT2D eigenvalue weighted by Crippen LogP contribution is -2.13. The zero-order chi connectivity index (χ0) is 9.84. The summed E-state index contributed by atoms with van der Waals surface area (Å²) in [4.78, 5) is 6.67. The van der Waals surface area contributed by atoms with Crippen molar-refractivity contribution in [2.24, 2.45) is 0 Å². The fourth-order valence-electron chi connectivity index (χ4n) is 1.49. The maximum Gasteiger partial charge on any atom is 0.131 e. The van der Waals surface area contributed by atoms with E-state index < -0.39 is 0 Å². The number of fused-ring (bicyclic) bond motifs is 1. The summed E-state index contributed by atoms with van der Waals surface area (Å²) < 4.78 is 0. The highest BCUT2D eigenvalue weighted by atomic mass is 15.2. The van der Waals surface area contributed by atoms with Crippen molar-refractivity contribution < 1.29 is 0 Å². The number of pyridine rings is 1. The molecule has 2 heteroatoms. The summed E-state index contributed by atoms with van der Waals surface area (Å²) >= 11 is 0. The third kappa shape index (κ3) is 2.00. The summed E-state index contributed by atoms with van der Waals surface area (Å²) in [6.07, 6.45) is 1.15. The number of anilines is 1. The van der Waals surface area contributed by atoms with Crippen LogP contribution in [0.5, 0.6) is 0 Å². The van der Waals surface area contributed by atoms with E-state index in [-0.39, 0.29) is 0 Å². The maximum absolute atomic E-state index is 4.46. The van der Waals surface area contributed by atoms with Crippen molar-refractivity contribution in [2.75, 3.05) is 18.5 Å². The van der Waals surface area contributed by atoms with Gasteiger partial charge in [0.05, 0.1) is 0 Å². The minimum Gasteiger partial charge on any atom is -0.359 e. The molecular weight excluding hydrogens is 160 g/mol. The van der Waals surface area contributed by atoms with E-state index in [1.807, 2.05) is 20.8 Å². The van der Waals surface area contributed by atoms with Crippen molar-refractivity contribution in [1.29, 1.82) is 0 Å². The van der Waals surface area contributed by atoms with Crippen molar-refractivity contribution in [1.82, 2.24) is 4.98 Å². The van der Waals surface area contributed by atoms with E-state index in [1.54, 1.807) is 0 Å². The number of hydrogen-bond donors (Lipinski definition) is 0. The number of rotatable bonds is 0. The molecular formula is C11H18N2. The Hall–Kier alpha value is -1.05. The SMILES string of the molecule is CC.Cc1ccc2c(n1)N(C)CC2. The van der Waals surface area contributed by atoms with E-state index in [1.165, 1.54) is 11.4 Å². The molecule has 72 valence electrons. The van der Waals surface area contributed by atoms with E-state index in [0.29, 0.717) is 0 Å². The molecule has 0 unspecified atom stereocenters. The van der Waals surface area contributed by atoms with Crippen LogP contribution in [0.4, 0.5) is 5.82 Å². The average Bonchev–Trinajstić information content (AvgIpc) is 2.52. The van der Waals surface area contributed by atoms with Crippen molar-refractivity contribution in [2.45, 2.75) is 27.2 Å². The van der Waals surface area contributed by atoms with Crippen molar-refractivity contribution in [3.05, 3.63) is 23.4 Å². The second-order valence-corrected chi connectivity index (χ2v) is 3.11. The van der Waals surface area contributed by atoms with Gasteiger partial charge in [-0.15, -0.1) is 0 Å². The van der Waals surface area contributed by atoms with Crippen LogP contribution in [0.2, 0.25) is 0 Å². The summed E-state index contributed by atoms with van der Waals surface area (Å²) in [5.41, 5.74) is 2.50. The highest BCUT2D eigenvalue weighted by Gasteiger charge is 2.15. The van der Waals surface area contributed by atoms with Crippen LogP contribution in [-0.2, 0) is 6.42 Å². The Labute approximate surface area is 80.6 Å². The Morgan fingerprint density at radius 1 is 1.31 bits per heavy atom. The van der Waals surface area contributed by atoms with Gasteiger partial charge in [-0.05, 0) is 25.0 Å². The van der Waals surface area contributed by atoms with E-state index in [4.69, 9.17) is 0 Å².